The van der Waals surface area contributed by atoms with Gasteiger partial charge in [-0.15, -0.1) is 0 Å². The van der Waals surface area contributed by atoms with Crippen molar-refractivity contribution < 1.29 is 9.90 Å². The van der Waals surface area contributed by atoms with E-state index < -0.39 is 0 Å². The summed E-state index contributed by atoms with van der Waals surface area (Å²) in [6.07, 6.45) is 1.26. The van der Waals surface area contributed by atoms with Gasteiger partial charge in [0.2, 0.25) is 5.91 Å². The number of carbonyl (C=O) groups excluding carboxylic acids is 1. The summed E-state index contributed by atoms with van der Waals surface area (Å²) in [6, 6.07) is 5.45. The van der Waals surface area contributed by atoms with Crippen LogP contribution in [0, 0.1) is 6.92 Å². The zero-order valence-corrected chi connectivity index (χ0v) is 12.4. The maximum atomic E-state index is 11.9. The van der Waals surface area contributed by atoms with E-state index in [-0.39, 0.29) is 12.5 Å². The number of nitrogens with two attached hydrogens (primary N) is 1. The first-order valence-electron chi connectivity index (χ1n) is 7.06. The molecule has 1 aromatic carbocycles. The van der Waals surface area contributed by atoms with E-state index in [2.05, 4.69) is 10.2 Å². The first-order valence-corrected chi connectivity index (χ1v) is 7.06. The number of benzene rings is 1. The monoisotopic (exact) mass is 279 g/mol. The van der Waals surface area contributed by atoms with Gasteiger partial charge in [-0.05, 0) is 50.2 Å². The number of aliphatic hydroxyl groups excluding tert-OH is 1. The van der Waals surface area contributed by atoms with Gasteiger partial charge in [0.1, 0.15) is 0 Å². The van der Waals surface area contributed by atoms with E-state index in [4.69, 9.17) is 10.8 Å². The van der Waals surface area contributed by atoms with Gasteiger partial charge in [-0.1, -0.05) is 6.92 Å². The summed E-state index contributed by atoms with van der Waals surface area (Å²) >= 11 is 0. The Hall–Kier alpha value is -1.59. The Morgan fingerprint density at radius 1 is 1.40 bits per heavy atom. The molecule has 20 heavy (non-hydrogen) atoms. The molecule has 1 amide bonds. The predicted octanol–water partition coefficient (Wildman–Crippen LogP) is 1.61. The van der Waals surface area contributed by atoms with Crippen LogP contribution < -0.4 is 11.1 Å². The molecule has 1 rings (SSSR count). The van der Waals surface area contributed by atoms with Crippen molar-refractivity contribution in [2.45, 2.75) is 26.7 Å². The van der Waals surface area contributed by atoms with Crippen molar-refractivity contribution in [1.82, 2.24) is 4.90 Å². The van der Waals surface area contributed by atoms with Crippen molar-refractivity contribution in [1.29, 1.82) is 0 Å². The molecule has 4 N–H and O–H groups in total. The largest absolute Gasteiger partial charge is 0.399 e. The maximum Gasteiger partial charge on any atom is 0.224 e. The van der Waals surface area contributed by atoms with E-state index >= 15 is 0 Å². The number of amides is 1. The summed E-state index contributed by atoms with van der Waals surface area (Å²) in [5.41, 5.74) is 8.15. The zero-order chi connectivity index (χ0) is 15.0. The SMILES string of the molecule is CCN(CCO)CCCC(=O)Nc1ccc(N)cc1C. The first kappa shape index (κ1) is 16.5. The van der Waals surface area contributed by atoms with Crippen LogP contribution in [0.2, 0.25) is 0 Å². The molecule has 0 fully saturated rings. The number of nitrogen functional groups attached to an aromatic ring is 1. The fraction of sp³-hybridized carbons (Fsp3) is 0.533. The molecular weight excluding hydrogens is 254 g/mol. The molecule has 0 aliphatic rings. The number of hydrogen-bond acceptors (Lipinski definition) is 4. The normalized spacial score (nSPS) is 10.8. The molecule has 0 bridgehead atoms. The van der Waals surface area contributed by atoms with E-state index in [0.717, 1.165) is 30.8 Å². The van der Waals surface area contributed by atoms with Crippen LogP contribution in [0.4, 0.5) is 11.4 Å². The van der Waals surface area contributed by atoms with Crippen molar-refractivity contribution in [2.24, 2.45) is 0 Å². The highest BCUT2D eigenvalue weighted by molar-refractivity contribution is 5.91. The number of carbonyl (C=O) groups is 1. The summed E-state index contributed by atoms with van der Waals surface area (Å²) in [5, 5.41) is 11.8. The Kier molecular flexibility index (Phi) is 7.04. The summed E-state index contributed by atoms with van der Waals surface area (Å²) in [7, 11) is 0. The summed E-state index contributed by atoms with van der Waals surface area (Å²) in [5.74, 6) is 0.0120. The number of rotatable bonds is 8. The van der Waals surface area contributed by atoms with Gasteiger partial charge in [-0.2, -0.15) is 0 Å². The van der Waals surface area contributed by atoms with Gasteiger partial charge in [-0.25, -0.2) is 0 Å². The van der Waals surface area contributed by atoms with Gasteiger partial charge in [0.05, 0.1) is 6.61 Å². The third-order valence-corrected chi connectivity index (χ3v) is 3.27. The van der Waals surface area contributed by atoms with Crippen molar-refractivity contribution >= 4 is 17.3 Å². The van der Waals surface area contributed by atoms with Gasteiger partial charge in [0.25, 0.3) is 0 Å². The molecule has 0 aliphatic heterocycles. The van der Waals surface area contributed by atoms with Crippen LogP contribution >= 0.6 is 0 Å². The Morgan fingerprint density at radius 3 is 2.75 bits per heavy atom. The van der Waals surface area contributed by atoms with Gasteiger partial charge in [-0.3, -0.25) is 4.79 Å². The second-order valence-corrected chi connectivity index (χ2v) is 4.88. The molecule has 0 heterocycles. The highest BCUT2D eigenvalue weighted by Crippen LogP contribution is 2.17. The first-order chi connectivity index (χ1) is 9.56. The summed E-state index contributed by atoms with van der Waals surface area (Å²) in [4.78, 5) is 14.0. The lowest BCUT2D eigenvalue weighted by molar-refractivity contribution is -0.116. The van der Waals surface area contributed by atoms with E-state index in [1.807, 2.05) is 26.0 Å². The molecule has 0 aliphatic carbocycles. The number of aryl methyl sites for hydroxylation is 1. The summed E-state index contributed by atoms with van der Waals surface area (Å²) < 4.78 is 0. The fourth-order valence-electron chi connectivity index (χ4n) is 2.07. The number of aliphatic hydroxyl groups is 1. The van der Waals surface area contributed by atoms with E-state index in [9.17, 15) is 4.79 Å². The third-order valence-electron chi connectivity index (χ3n) is 3.27. The molecule has 0 aromatic heterocycles. The average molecular weight is 279 g/mol. The number of anilines is 2. The quantitative estimate of drug-likeness (QED) is 0.632. The molecule has 0 spiro atoms. The maximum absolute atomic E-state index is 11.9. The molecule has 0 saturated heterocycles. The molecule has 5 nitrogen and oxygen atoms in total. The fourth-order valence-corrected chi connectivity index (χ4v) is 2.07. The Balaban J connectivity index is 2.36. The van der Waals surface area contributed by atoms with Crippen molar-refractivity contribution in [3.05, 3.63) is 23.8 Å². The van der Waals surface area contributed by atoms with Crippen LogP contribution in [0.5, 0.6) is 0 Å². The van der Waals surface area contributed by atoms with Crippen LogP contribution in [0.25, 0.3) is 0 Å². The highest BCUT2D eigenvalue weighted by atomic mass is 16.3. The van der Waals surface area contributed by atoms with E-state index in [0.29, 0.717) is 18.7 Å². The minimum absolute atomic E-state index is 0.0120. The zero-order valence-electron chi connectivity index (χ0n) is 12.4. The smallest absolute Gasteiger partial charge is 0.224 e. The predicted molar refractivity (Wildman–Crippen MR) is 82.7 cm³/mol. The molecule has 5 heteroatoms. The molecule has 112 valence electrons. The van der Waals surface area contributed by atoms with Crippen molar-refractivity contribution in [2.75, 3.05) is 37.3 Å². The lowest BCUT2D eigenvalue weighted by Gasteiger charge is -2.18. The third kappa shape index (κ3) is 5.59. The second kappa shape index (κ2) is 8.55. The Morgan fingerprint density at radius 2 is 2.15 bits per heavy atom. The molecule has 0 saturated carbocycles. The number of hydrogen-bond donors (Lipinski definition) is 3. The minimum atomic E-state index is 0.0120. The van der Waals surface area contributed by atoms with Crippen LogP contribution in [-0.2, 0) is 4.79 Å². The number of nitrogens with zero attached hydrogens (tertiary/aromatic N) is 1. The Labute approximate surface area is 120 Å². The molecule has 1 aromatic rings. The summed E-state index contributed by atoms with van der Waals surface area (Å²) in [6.45, 7) is 6.50. The number of nitrogens with one attached hydrogen (secondary N) is 1. The molecule has 0 radical (unpaired) electrons. The lowest BCUT2D eigenvalue weighted by atomic mass is 10.1. The van der Waals surface area contributed by atoms with Gasteiger partial charge in [0, 0.05) is 24.3 Å². The standard InChI is InChI=1S/C15H25N3O2/c1-3-18(9-10-19)8-4-5-15(20)17-14-7-6-13(16)11-12(14)2/h6-7,11,19H,3-5,8-10,16H2,1-2H3,(H,17,20). The molecular formula is C15H25N3O2. The Bertz CT molecular complexity index is 435. The van der Waals surface area contributed by atoms with Gasteiger partial charge in [0.15, 0.2) is 0 Å². The minimum Gasteiger partial charge on any atom is -0.399 e. The lowest BCUT2D eigenvalue weighted by Crippen LogP contribution is -2.28. The number of likely N-dealkylation sites (N-methyl/N-ethyl adjacent to an activating group) is 1. The van der Waals surface area contributed by atoms with Gasteiger partial charge < -0.3 is 21.1 Å². The average Bonchev–Trinajstić information content (AvgIpc) is 2.41. The van der Waals surface area contributed by atoms with Crippen LogP contribution in [-0.4, -0.2) is 42.2 Å². The van der Waals surface area contributed by atoms with Crippen molar-refractivity contribution in [3.63, 3.8) is 0 Å². The van der Waals surface area contributed by atoms with E-state index in [1.165, 1.54) is 0 Å². The topological polar surface area (TPSA) is 78.6 Å². The van der Waals surface area contributed by atoms with Crippen LogP contribution in [0.1, 0.15) is 25.3 Å². The second-order valence-electron chi connectivity index (χ2n) is 4.88. The van der Waals surface area contributed by atoms with E-state index in [1.54, 1.807) is 6.07 Å². The van der Waals surface area contributed by atoms with Crippen molar-refractivity contribution in [3.8, 4) is 0 Å². The van der Waals surface area contributed by atoms with Crippen LogP contribution in [0.15, 0.2) is 18.2 Å². The molecule has 0 atom stereocenters. The van der Waals surface area contributed by atoms with Gasteiger partial charge >= 0.3 is 0 Å². The van der Waals surface area contributed by atoms with Crippen LogP contribution in [0.3, 0.4) is 0 Å². The highest BCUT2D eigenvalue weighted by Gasteiger charge is 2.07. The molecule has 0 unspecified atom stereocenters.